The molecule has 1 aliphatic heterocycles. The van der Waals surface area contributed by atoms with Crippen molar-refractivity contribution in [3.8, 4) is 6.07 Å². The van der Waals surface area contributed by atoms with Crippen LogP contribution in [-0.4, -0.2) is 55.0 Å². The Morgan fingerprint density at radius 2 is 2.24 bits per heavy atom. The molecule has 0 radical (unpaired) electrons. The highest BCUT2D eigenvalue weighted by atomic mass is 16.5. The molecule has 92 valence electrons. The molecule has 8 nitrogen and oxygen atoms in total. The molecule has 0 aliphatic carbocycles. The number of carbonyl (C=O) groups is 3. The third-order valence-corrected chi connectivity index (χ3v) is 2.24. The van der Waals surface area contributed by atoms with E-state index in [1.54, 1.807) is 6.07 Å². The molecule has 1 unspecified atom stereocenters. The lowest BCUT2D eigenvalue weighted by molar-refractivity contribution is -0.154. The van der Waals surface area contributed by atoms with E-state index in [1.807, 2.05) is 0 Å². The second kappa shape index (κ2) is 5.81. The number of ether oxygens (including phenoxy) is 1. The Hall–Kier alpha value is -2.14. The van der Waals surface area contributed by atoms with Gasteiger partial charge in [-0.2, -0.15) is 5.26 Å². The van der Waals surface area contributed by atoms with Gasteiger partial charge in [0.1, 0.15) is 12.6 Å². The summed E-state index contributed by atoms with van der Waals surface area (Å²) in [6, 6.07) is 0.731. The molecule has 0 bridgehead atoms. The first kappa shape index (κ1) is 12.9. The molecule has 3 amide bonds. The van der Waals surface area contributed by atoms with Crippen molar-refractivity contribution in [3.63, 3.8) is 0 Å². The largest absolute Gasteiger partial charge is 0.377 e. The van der Waals surface area contributed by atoms with Gasteiger partial charge in [0.15, 0.2) is 0 Å². The lowest BCUT2D eigenvalue weighted by Crippen LogP contribution is -2.57. The summed E-state index contributed by atoms with van der Waals surface area (Å²) in [5, 5.41) is 10.4. The van der Waals surface area contributed by atoms with Crippen LogP contribution in [0.3, 0.4) is 0 Å². The number of nitrogens with zero attached hydrogens (tertiary/aromatic N) is 2. The van der Waals surface area contributed by atoms with E-state index >= 15 is 0 Å². The first-order chi connectivity index (χ1) is 8.07. The smallest absolute Gasteiger partial charge is 0.312 e. The van der Waals surface area contributed by atoms with Crippen LogP contribution in [0.15, 0.2) is 0 Å². The molecular weight excluding hydrogens is 228 g/mol. The van der Waals surface area contributed by atoms with E-state index in [-0.39, 0.29) is 26.3 Å². The number of hydrogen-bond acceptors (Lipinski definition) is 5. The van der Waals surface area contributed by atoms with Gasteiger partial charge < -0.3 is 20.7 Å². The Bertz CT molecular complexity index is 376. The van der Waals surface area contributed by atoms with Crippen LogP contribution in [0.1, 0.15) is 0 Å². The Labute approximate surface area is 97.3 Å². The molecule has 0 saturated carbocycles. The van der Waals surface area contributed by atoms with E-state index in [9.17, 15) is 14.4 Å². The molecule has 1 rings (SSSR count). The minimum Gasteiger partial charge on any atom is -0.377 e. The number of primary amides is 1. The maximum Gasteiger partial charge on any atom is 0.312 e. The molecule has 1 heterocycles. The fraction of sp³-hybridized carbons (Fsp3) is 0.556. The molecule has 1 saturated heterocycles. The van der Waals surface area contributed by atoms with Crippen LogP contribution in [0.5, 0.6) is 0 Å². The molecule has 0 aromatic carbocycles. The van der Waals surface area contributed by atoms with Gasteiger partial charge in [-0.05, 0) is 0 Å². The number of carbonyl (C=O) groups excluding carboxylic acids is 3. The van der Waals surface area contributed by atoms with Gasteiger partial charge in [-0.3, -0.25) is 14.4 Å². The van der Waals surface area contributed by atoms with Gasteiger partial charge in [0.25, 0.3) is 0 Å². The summed E-state index contributed by atoms with van der Waals surface area (Å²) in [5.41, 5.74) is 5.10. The fourth-order valence-corrected chi connectivity index (χ4v) is 1.41. The standard InChI is InChI=1S/C9H12N4O4/c10-1-2-12-8(15)9(16)13-3-4-17-5-6(13)7(11)14/h6H,2-5H2,(H2,11,14)(H,12,15). The van der Waals surface area contributed by atoms with Crippen LogP contribution in [0, 0.1) is 11.3 Å². The second-order valence-electron chi connectivity index (χ2n) is 3.33. The first-order valence-electron chi connectivity index (χ1n) is 4.90. The average molecular weight is 240 g/mol. The summed E-state index contributed by atoms with van der Waals surface area (Å²) in [5.74, 6) is -2.54. The summed E-state index contributed by atoms with van der Waals surface area (Å²) in [4.78, 5) is 35.1. The molecule has 8 heteroatoms. The molecular formula is C9H12N4O4. The zero-order valence-corrected chi connectivity index (χ0v) is 9.01. The van der Waals surface area contributed by atoms with Crippen molar-refractivity contribution in [2.45, 2.75) is 6.04 Å². The lowest BCUT2D eigenvalue weighted by atomic mass is 10.2. The van der Waals surface area contributed by atoms with Crippen molar-refractivity contribution in [3.05, 3.63) is 0 Å². The van der Waals surface area contributed by atoms with E-state index in [1.165, 1.54) is 0 Å². The van der Waals surface area contributed by atoms with Crippen molar-refractivity contribution in [1.29, 1.82) is 5.26 Å². The second-order valence-corrected chi connectivity index (χ2v) is 3.33. The molecule has 1 fully saturated rings. The van der Waals surface area contributed by atoms with Crippen LogP contribution >= 0.6 is 0 Å². The summed E-state index contributed by atoms with van der Waals surface area (Å²) in [7, 11) is 0. The maximum absolute atomic E-state index is 11.7. The van der Waals surface area contributed by atoms with Crippen LogP contribution in [-0.2, 0) is 19.1 Å². The number of nitrogens with two attached hydrogens (primary N) is 1. The van der Waals surface area contributed by atoms with Crippen molar-refractivity contribution >= 4 is 17.7 Å². The number of morpholine rings is 1. The SMILES string of the molecule is N#CCNC(=O)C(=O)N1CCOCC1C(N)=O. The predicted molar refractivity (Wildman–Crippen MR) is 54.1 cm³/mol. The quantitative estimate of drug-likeness (QED) is 0.402. The maximum atomic E-state index is 11.7. The van der Waals surface area contributed by atoms with Crippen molar-refractivity contribution in [2.24, 2.45) is 5.73 Å². The van der Waals surface area contributed by atoms with Crippen LogP contribution < -0.4 is 11.1 Å². The molecule has 1 aliphatic rings. The van der Waals surface area contributed by atoms with Crippen molar-refractivity contribution in [1.82, 2.24) is 10.2 Å². The van der Waals surface area contributed by atoms with Crippen molar-refractivity contribution < 1.29 is 19.1 Å². The Morgan fingerprint density at radius 3 is 2.82 bits per heavy atom. The highest BCUT2D eigenvalue weighted by Gasteiger charge is 2.34. The van der Waals surface area contributed by atoms with Gasteiger partial charge in [-0.15, -0.1) is 0 Å². The number of nitriles is 1. The van der Waals surface area contributed by atoms with Gasteiger partial charge in [0, 0.05) is 6.54 Å². The van der Waals surface area contributed by atoms with Gasteiger partial charge in [0.05, 0.1) is 19.3 Å². The summed E-state index contributed by atoms with van der Waals surface area (Å²) >= 11 is 0. The predicted octanol–water partition coefficient (Wildman–Crippen LogP) is -2.66. The van der Waals surface area contributed by atoms with Crippen LogP contribution in [0.4, 0.5) is 0 Å². The third-order valence-electron chi connectivity index (χ3n) is 2.24. The minimum absolute atomic E-state index is 0.0212. The zero-order valence-electron chi connectivity index (χ0n) is 9.01. The first-order valence-corrected chi connectivity index (χ1v) is 4.90. The molecule has 1 atom stereocenters. The molecule has 0 aromatic heterocycles. The summed E-state index contributed by atoms with van der Waals surface area (Å²) in [6.45, 7) is 0.0657. The average Bonchev–Trinajstić information content (AvgIpc) is 2.34. The summed E-state index contributed by atoms with van der Waals surface area (Å²) in [6.07, 6.45) is 0. The molecule has 0 spiro atoms. The van der Waals surface area contributed by atoms with Gasteiger partial charge in [-0.25, -0.2) is 0 Å². The topological polar surface area (TPSA) is 126 Å². The van der Waals surface area contributed by atoms with E-state index in [2.05, 4.69) is 5.32 Å². The van der Waals surface area contributed by atoms with E-state index in [4.69, 9.17) is 15.7 Å². The third kappa shape index (κ3) is 3.15. The number of hydrogen-bond donors (Lipinski definition) is 2. The highest BCUT2D eigenvalue weighted by molar-refractivity contribution is 6.35. The fourth-order valence-electron chi connectivity index (χ4n) is 1.41. The van der Waals surface area contributed by atoms with Crippen LogP contribution in [0.2, 0.25) is 0 Å². The Kier molecular flexibility index (Phi) is 4.42. The van der Waals surface area contributed by atoms with Gasteiger partial charge in [-0.1, -0.05) is 0 Å². The van der Waals surface area contributed by atoms with E-state index in [0.29, 0.717) is 0 Å². The van der Waals surface area contributed by atoms with Crippen molar-refractivity contribution in [2.75, 3.05) is 26.3 Å². The van der Waals surface area contributed by atoms with Crippen LogP contribution in [0.25, 0.3) is 0 Å². The zero-order chi connectivity index (χ0) is 12.8. The number of nitrogens with one attached hydrogen (secondary N) is 1. The Morgan fingerprint density at radius 1 is 1.53 bits per heavy atom. The Balaban J connectivity index is 2.68. The molecule has 3 N–H and O–H groups in total. The van der Waals surface area contributed by atoms with E-state index in [0.717, 1.165) is 4.90 Å². The normalized spacial score (nSPS) is 19.2. The monoisotopic (exact) mass is 240 g/mol. The molecule has 0 aromatic rings. The summed E-state index contributed by atoms with van der Waals surface area (Å²) < 4.78 is 5.01. The van der Waals surface area contributed by atoms with Gasteiger partial charge >= 0.3 is 11.8 Å². The highest BCUT2D eigenvalue weighted by Crippen LogP contribution is 2.06. The molecule has 17 heavy (non-hydrogen) atoms. The minimum atomic E-state index is -0.941. The number of rotatable bonds is 2. The lowest BCUT2D eigenvalue weighted by Gasteiger charge is -2.32. The van der Waals surface area contributed by atoms with Gasteiger partial charge in [0.2, 0.25) is 5.91 Å². The van der Waals surface area contributed by atoms with E-state index < -0.39 is 23.8 Å². The number of amides is 3.